The van der Waals surface area contributed by atoms with Crippen molar-refractivity contribution in [1.29, 1.82) is 5.26 Å². The van der Waals surface area contributed by atoms with E-state index in [1.54, 1.807) is 14.2 Å². The summed E-state index contributed by atoms with van der Waals surface area (Å²) < 4.78 is 10.7. The van der Waals surface area contributed by atoms with Gasteiger partial charge in [-0.25, -0.2) is 0 Å². The van der Waals surface area contributed by atoms with Crippen molar-refractivity contribution >= 4 is 17.1 Å². The van der Waals surface area contributed by atoms with Crippen molar-refractivity contribution in [3.63, 3.8) is 0 Å². The van der Waals surface area contributed by atoms with Crippen LogP contribution in [-0.2, 0) is 6.54 Å². The first kappa shape index (κ1) is 30.8. The van der Waals surface area contributed by atoms with E-state index in [2.05, 4.69) is 95.9 Å². The van der Waals surface area contributed by atoms with Crippen LogP contribution in [-0.4, -0.2) is 14.2 Å². The normalized spacial score (nSPS) is 11.3. The van der Waals surface area contributed by atoms with Crippen LogP contribution in [0.15, 0.2) is 152 Å². The third-order valence-corrected chi connectivity index (χ3v) is 8.22. The van der Waals surface area contributed by atoms with E-state index in [-0.39, 0.29) is 0 Å². The van der Waals surface area contributed by atoms with Crippen LogP contribution in [0.25, 0.3) is 33.6 Å². The lowest BCUT2D eigenvalue weighted by atomic mass is 9.97. The van der Waals surface area contributed by atoms with E-state index in [4.69, 9.17) is 15.2 Å². The van der Waals surface area contributed by atoms with Gasteiger partial charge in [0.15, 0.2) is 0 Å². The number of hydrogen-bond donors (Lipinski definition) is 1. The van der Waals surface area contributed by atoms with Gasteiger partial charge in [-0.15, -0.1) is 0 Å². The Morgan fingerprint density at radius 2 is 1.02 bits per heavy atom. The summed E-state index contributed by atoms with van der Waals surface area (Å²) in [4.78, 5) is 2.25. The number of benzene rings is 6. The summed E-state index contributed by atoms with van der Waals surface area (Å²) >= 11 is 0. The molecule has 5 heteroatoms. The Labute approximate surface area is 276 Å². The first-order valence-electron chi connectivity index (χ1n) is 15.4. The largest absolute Gasteiger partial charge is 0.497 e. The lowest BCUT2D eigenvalue weighted by Gasteiger charge is -2.30. The highest BCUT2D eigenvalue weighted by Gasteiger charge is 2.20. The molecule has 6 aromatic carbocycles. The van der Waals surface area contributed by atoms with E-state index in [0.717, 1.165) is 61.8 Å². The monoisotopic (exact) mass is 613 g/mol. The van der Waals surface area contributed by atoms with Crippen molar-refractivity contribution in [2.24, 2.45) is 5.73 Å². The molecule has 0 saturated heterocycles. The Bertz CT molecular complexity index is 1990. The molecule has 0 heterocycles. The van der Waals surface area contributed by atoms with Crippen molar-refractivity contribution in [3.8, 4) is 39.8 Å². The zero-order chi connectivity index (χ0) is 32.6. The van der Waals surface area contributed by atoms with Crippen LogP contribution in [0.4, 0.5) is 5.69 Å². The van der Waals surface area contributed by atoms with Gasteiger partial charge >= 0.3 is 0 Å². The number of hydrogen-bond acceptors (Lipinski definition) is 5. The van der Waals surface area contributed by atoms with Crippen molar-refractivity contribution in [3.05, 3.63) is 174 Å². The Morgan fingerprint density at radius 1 is 0.574 bits per heavy atom. The Balaban J connectivity index is 1.45. The average Bonchev–Trinajstić information content (AvgIpc) is 3.15. The van der Waals surface area contributed by atoms with Gasteiger partial charge < -0.3 is 20.1 Å². The van der Waals surface area contributed by atoms with Gasteiger partial charge in [-0.2, -0.15) is 5.26 Å². The first-order chi connectivity index (χ1) is 23.1. The van der Waals surface area contributed by atoms with Crippen LogP contribution in [0, 0.1) is 11.3 Å². The molecular weight excluding hydrogens is 578 g/mol. The zero-order valence-electron chi connectivity index (χ0n) is 26.4. The molecule has 0 atom stereocenters. The van der Waals surface area contributed by atoms with Gasteiger partial charge in [0, 0.05) is 17.8 Å². The number of nitriles is 1. The number of nitrogens with zero attached hydrogens (tertiary/aromatic N) is 2. The van der Waals surface area contributed by atoms with Crippen LogP contribution in [0.1, 0.15) is 22.3 Å². The standard InChI is InChI=1S/C42H35N3O2/c1-46-39-24-20-34(21-25-39)32-12-16-36(17-13-32)41(44)42(37-18-14-33(15-19-37)35-22-26-40(47-2)27-23-35)45(38-6-4-3-5-7-38)29-31-10-8-30(28-43)9-11-31/h3-27H,29,44H2,1-2H3/b42-41-. The molecular formula is C42H35N3O2. The number of methoxy groups -OCH3 is 2. The van der Waals surface area contributed by atoms with Crippen LogP contribution in [0.5, 0.6) is 11.5 Å². The molecule has 47 heavy (non-hydrogen) atoms. The molecule has 6 aromatic rings. The van der Waals surface area contributed by atoms with E-state index in [9.17, 15) is 5.26 Å². The average molecular weight is 614 g/mol. The van der Waals surface area contributed by atoms with E-state index in [1.165, 1.54) is 0 Å². The minimum Gasteiger partial charge on any atom is -0.497 e. The number of ether oxygens (including phenoxy) is 2. The van der Waals surface area contributed by atoms with Crippen molar-refractivity contribution in [2.45, 2.75) is 6.54 Å². The minimum absolute atomic E-state index is 0.552. The zero-order valence-corrected chi connectivity index (χ0v) is 26.4. The van der Waals surface area contributed by atoms with E-state index >= 15 is 0 Å². The molecule has 0 aliphatic carbocycles. The molecule has 0 amide bonds. The molecule has 230 valence electrons. The van der Waals surface area contributed by atoms with Gasteiger partial charge in [-0.3, -0.25) is 0 Å². The summed E-state index contributed by atoms with van der Waals surface area (Å²) in [6, 6.07) is 53.1. The van der Waals surface area contributed by atoms with Crippen molar-refractivity contribution < 1.29 is 9.47 Å². The van der Waals surface area contributed by atoms with Gasteiger partial charge in [0.05, 0.1) is 37.2 Å². The van der Waals surface area contributed by atoms with Gasteiger partial charge in [0.2, 0.25) is 0 Å². The fraction of sp³-hybridized carbons (Fsp3) is 0.0714. The quantitative estimate of drug-likeness (QED) is 0.156. The summed E-state index contributed by atoms with van der Waals surface area (Å²) in [6.07, 6.45) is 0. The SMILES string of the molecule is COc1ccc(-c2ccc(/C(N)=C(\c3ccc(-c4ccc(OC)cc4)cc3)N(Cc3ccc(C#N)cc3)c3ccccc3)cc2)cc1. The van der Waals surface area contributed by atoms with Crippen LogP contribution < -0.4 is 20.1 Å². The molecule has 0 spiro atoms. The number of rotatable bonds is 10. The number of nitrogens with two attached hydrogens (primary N) is 1. The summed E-state index contributed by atoms with van der Waals surface area (Å²) in [5.74, 6) is 1.64. The number of para-hydroxylation sites is 1. The molecule has 0 unspecified atom stereocenters. The Morgan fingerprint density at radius 3 is 1.47 bits per heavy atom. The summed E-state index contributed by atoms with van der Waals surface area (Å²) in [6.45, 7) is 0.552. The van der Waals surface area contributed by atoms with Crippen LogP contribution >= 0.6 is 0 Å². The second-order valence-corrected chi connectivity index (χ2v) is 11.1. The highest BCUT2D eigenvalue weighted by molar-refractivity contribution is 5.96. The molecule has 2 N–H and O–H groups in total. The molecule has 0 bridgehead atoms. The maximum Gasteiger partial charge on any atom is 0.118 e. The topological polar surface area (TPSA) is 71.5 Å². The van der Waals surface area contributed by atoms with Crippen LogP contribution in [0.2, 0.25) is 0 Å². The second kappa shape index (κ2) is 14.2. The predicted octanol–water partition coefficient (Wildman–Crippen LogP) is 9.40. The van der Waals surface area contributed by atoms with Gasteiger partial charge in [-0.1, -0.05) is 103 Å². The summed E-state index contributed by atoms with van der Waals surface area (Å²) in [5, 5.41) is 9.37. The van der Waals surface area contributed by atoms with Gasteiger partial charge in [-0.05, 0) is 81.9 Å². The van der Waals surface area contributed by atoms with E-state index in [1.807, 2.05) is 66.7 Å². The number of anilines is 1. The van der Waals surface area contributed by atoms with Crippen LogP contribution in [0.3, 0.4) is 0 Å². The summed E-state index contributed by atoms with van der Waals surface area (Å²) in [5.41, 5.74) is 17.7. The third kappa shape index (κ3) is 7.03. The van der Waals surface area contributed by atoms with Gasteiger partial charge in [0.25, 0.3) is 0 Å². The molecule has 6 rings (SSSR count). The lowest BCUT2D eigenvalue weighted by Crippen LogP contribution is -2.24. The third-order valence-electron chi connectivity index (χ3n) is 8.22. The highest BCUT2D eigenvalue weighted by Crippen LogP contribution is 2.35. The second-order valence-electron chi connectivity index (χ2n) is 11.1. The Hall–Kier alpha value is -6.25. The molecule has 0 fully saturated rings. The molecule has 0 saturated carbocycles. The van der Waals surface area contributed by atoms with Gasteiger partial charge in [0.1, 0.15) is 11.5 Å². The fourth-order valence-electron chi connectivity index (χ4n) is 5.60. The highest BCUT2D eigenvalue weighted by atomic mass is 16.5. The molecule has 0 aliphatic rings. The minimum atomic E-state index is 0.552. The smallest absolute Gasteiger partial charge is 0.118 e. The van der Waals surface area contributed by atoms with E-state index in [0.29, 0.717) is 17.8 Å². The van der Waals surface area contributed by atoms with E-state index < -0.39 is 0 Å². The maximum absolute atomic E-state index is 9.37. The molecule has 0 aromatic heterocycles. The van der Waals surface area contributed by atoms with Crippen molar-refractivity contribution in [1.82, 2.24) is 0 Å². The molecule has 5 nitrogen and oxygen atoms in total. The lowest BCUT2D eigenvalue weighted by molar-refractivity contribution is 0.415. The summed E-state index contributed by atoms with van der Waals surface area (Å²) in [7, 11) is 3.34. The maximum atomic E-state index is 9.37. The van der Waals surface area contributed by atoms with Crippen molar-refractivity contribution in [2.75, 3.05) is 19.1 Å². The molecule has 0 aliphatic heterocycles. The first-order valence-corrected chi connectivity index (χ1v) is 15.4. The Kier molecular flexibility index (Phi) is 9.32. The predicted molar refractivity (Wildman–Crippen MR) is 192 cm³/mol. The fourth-order valence-corrected chi connectivity index (χ4v) is 5.60. The molecule has 0 radical (unpaired) electrons.